The molecule has 2 N–H and O–H groups in total. The molecule has 1 aliphatic heterocycles. The fourth-order valence-electron chi connectivity index (χ4n) is 4.49. The maximum atomic E-state index is 13.5. The molecule has 0 radical (unpaired) electrons. The van der Waals surface area contributed by atoms with Crippen LogP contribution < -0.4 is 16.1 Å². The first-order chi connectivity index (χ1) is 20.1. The fourth-order valence-corrected chi connectivity index (χ4v) is 6.59. The Labute approximate surface area is 248 Å². The Morgan fingerprint density at radius 2 is 1.72 bits per heavy atom. The lowest BCUT2D eigenvalue weighted by atomic mass is 9.95. The number of alkyl halides is 3. The predicted molar refractivity (Wildman–Crippen MR) is 156 cm³/mol. The maximum Gasteiger partial charge on any atom is 0.416 e. The molecule has 1 fully saturated rings. The number of benzene rings is 2. The van der Waals surface area contributed by atoms with Crippen molar-refractivity contribution in [1.82, 2.24) is 20.6 Å². The van der Waals surface area contributed by atoms with Gasteiger partial charge in [-0.3, -0.25) is 9.78 Å². The number of alkyl carbamates (subject to hydrolysis) is 1. The van der Waals surface area contributed by atoms with Crippen LogP contribution in [0.2, 0.25) is 0 Å². The van der Waals surface area contributed by atoms with Crippen LogP contribution in [0.25, 0.3) is 11.1 Å². The number of halogens is 3. The Morgan fingerprint density at radius 1 is 1.05 bits per heavy atom. The third kappa shape index (κ3) is 8.42. The van der Waals surface area contributed by atoms with E-state index in [2.05, 4.69) is 20.6 Å². The number of hydrogen-bond acceptors (Lipinski definition) is 7. The summed E-state index contributed by atoms with van der Waals surface area (Å²) in [5.74, 6) is -0.501. The molecule has 0 spiro atoms. The van der Waals surface area contributed by atoms with Gasteiger partial charge in [0, 0.05) is 18.9 Å². The smallest absolute Gasteiger partial charge is 0.416 e. The molecule has 2 amide bonds. The van der Waals surface area contributed by atoms with Gasteiger partial charge in [0.15, 0.2) is 0 Å². The van der Waals surface area contributed by atoms with E-state index >= 15 is 0 Å². The molecule has 1 atom stereocenters. The second kappa shape index (κ2) is 12.9. The fraction of sp³-hybridized carbons (Fsp3) is 0.400. The molecule has 0 unspecified atom stereocenters. The predicted octanol–water partition coefficient (Wildman–Crippen LogP) is 5.70. The van der Waals surface area contributed by atoms with Crippen LogP contribution >= 0.6 is 7.14 Å². The van der Waals surface area contributed by atoms with Crippen LogP contribution in [-0.4, -0.2) is 53.1 Å². The molecule has 0 aliphatic carbocycles. The summed E-state index contributed by atoms with van der Waals surface area (Å²) in [6.45, 7) is 7.57. The van der Waals surface area contributed by atoms with Gasteiger partial charge in [0.2, 0.25) is 0 Å². The first-order valence-corrected chi connectivity index (χ1v) is 15.8. The molecular formula is C30H34F3N4O5P. The number of amides is 2. The minimum absolute atomic E-state index is 0.0359. The first kappa shape index (κ1) is 32.2. The monoisotopic (exact) mass is 618 g/mol. The zero-order valence-corrected chi connectivity index (χ0v) is 25.2. The number of rotatable bonds is 7. The van der Waals surface area contributed by atoms with E-state index in [-0.39, 0.29) is 12.2 Å². The number of nitrogens with zero attached hydrogens (tertiary/aromatic N) is 2. The van der Waals surface area contributed by atoms with Gasteiger partial charge in [0.25, 0.3) is 5.91 Å². The van der Waals surface area contributed by atoms with Crippen molar-refractivity contribution in [3.05, 3.63) is 77.2 Å². The molecule has 0 saturated carbocycles. The number of nitrogens with one attached hydrogen (secondary N) is 2. The third-order valence-corrected chi connectivity index (χ3v) is 9.65. The first-order valence-electron chi connectivity index (χ1n) is 13.7. The zero-order valence-electron chi connectivity index (χ0n) is 24.3. The van der Waals surface area contributed by atoms with Crippen LogP contribution in [0.1, 0.15) is 60.9 Å². The molecule has 0 bridgehead atoms. The Morgan fingerprint density at radius 3 is 2.35 bits per heavy atom. The van der Waals surface area contributed by atoms with Gasteiger partial charge in [0.05, 0.1) is 37.2 Å². The van der Waals surface area contributed by atoms with Crippen LogP contribution in [0.15, 0.2) is 54.9 Å². The van der Waals surface area contributed by atoms with Crippen molar-refractivity contribution in [2.45, 2.75) is 52.1 Å². The van der Waals surface area contributed by atoms with Gasteiger partial charge in [0.1, 0.15) is 23.9 Å². The molecule has 43 heavy (non-hydrogen) atoms. The van der Waals surface area contributed by atoms with E-state index in [1.807, 2.05) is 0 Å². The lowest BCUT2D eigenvalue weighted by molar-refractivity contribution is -0.137. The SMILES string of the molecule is C[C@@H](NC(=O)c1cncc(P2(=O)CCOCC2)n1)c1ccc(-c2cc(C(F)(F)F)ccc2CNC(=O)OC(C)(C)C)cc1. The van der Waals surface area contributed by atoms with Crippen molar-refractivity contribution in [3.8, 4) is 11.1 Å². The van der Waals surface area contributed by atoms with Crippen LogP contribution in [0.3, 0.4) is 0 Å². The minimum Gasteiger partial charge on any atom is -0.444 e. The number of hydrogen-bond donors (Lipinski definition) is 2. The molecule has 4 rings (SSSR count). The normalized spacial score (nSPS) is 15.8. The van der Waals surface area contributed by atoms with E-state index in [1.165, 1.54) is 18.5 Å². The van der Waals surface area contributed by atoms with Crippen molar-refractivity contribution >= 4 is 24.6 Å². The van der Waals surface area contributed by atoms with Crippen molar-refractivity contribution in [3.63, 3.8) is 0 Å². The van der Waals surface area contributed by atoms with Crippen LogP contribution in [0, 0.1) is 0 Å². The average Bonchev–Trinajstić information content (AvgIpc) is 2.95. The summed E-state index contributed by atoms with van der Waals surface area (Å²) in [5, 5.41) is 5.43. The average molecular weight is 619 g/mol. The minimum atomic E-state index is -4.55. The Hall–Kier alpha value is -3.76. The lowest BCUT2D eigenvalue weighted by Gasteiger charge is -2.22. The largest absolute Gasteiger partial charge is 0.444 e. The highest BCUT2D eigenvalue weighted by Gasteiger charge is 2.32. The number of aromatic nitrogens is 2. The second-order valence-electron chi connectivity index (χ2n) is 11.3. The molecule has 1 aromatic heterocycles. The van der Waals surface area contributed by atoms with E-state index < -0.39 is 42.5 Å². The molecule has 3 aromatic rings. The van der Waals surface area contributed by atoms with Crippen LogP contribution in [0.5, 0.6) is 0 Å². The van der Waals surface area contributed by atoms with Crippen molar-refractivity contribution < 1.29 is 36.8 Å². The van der Waals surface area contributed by atoms with Gasteiger partial charge in [-0.15, -0.1) is 0 Å². The summed E-state index contributed by atoms with van der Waals surface area (Å²) >= 11 is 0. The van der Waals surface area contributed by atoms with Gasteiger partial charge in [-0.25, -0.2) is 9.78 Å². The van der Waals surface area contributed by atoms with Crippen molar-refractivity contribution in [1.29, 1.82) is 0 Å². The van der Waals surface area contributed by atoms with E-state index in [0.717, 1.165) is 12.1 Å². The summed E-state index contributed by atoms with van der Waals surface area (Å²) in [7, 11) is -2.78. The van der Waals surface area contributed by atoms with Gasteiger partial charge < -0.3 is 24.7 Å². The number of carbonyl (C=O) groups excluding carboxylic acids is 2. The maximum absolute atomic E-state index is 13.5. The molecule has 230 valence electrons. The van der Waals surface area contributed by atoms with E-state index in [1.54, 1.807) is 52.0 Å². The molecular weight excluding hydrogens is 584 g/mol. The van der Waals surface area contributed by atoms with E-state index in [4.69, 9.17) is 9.47 Å². The summed E-state index contributed by atoms with van der Waals surface area (Å²) < 4.78 is 64.4. The highest BCUT2D eigenvalue weighted by Crippen LogP contribution is 2.44. The number of ether oxygens (including phenoxy) is 2. The van der Waals surface area contributed by atoms with Gasteiger partial charge >= 0.3 is 12.3 Å². The Bertz CT molecular complexity index is 1510. The quantitative estimate of drug-likeness (QED) is 0.326. The highest BCUT2D eigenvalue weighted by molar-refractivity contribution is 7.71. The summed E-state index contributed by atoms with van der Waals surface area (Å²) in [4.78, 5) is 33.5. The second-order valence-corrected chi connectivity index (χ2v) is 14.4. The Kier molecular flexibility index (Phi) is 9.61. The topological polar surface area (TPSA) is 120 Å². The van der Waals surface area contributed by atoms with Gasteiger partial charge in [-0.05, 0) is 62.1 Å². The van der Waals surface area contributed by atoms with E-state index in [0.29, 0.717) is 53.2 Å². The molecule has 2 aromatic carbocycles. The molecule has 9 nitrogen and oxygen atoms in total. The van der Waals surface area contributed by atoms with Crippen molar-refractivity contribution in [2.24, 2.45) is 0 Å². The number of carbonyl (C=O) groups is 2. The molecule has 1 aliphatic rings. The highest BCUT2D eigenvalue weighted by atomic mass is 31.2. The molecule has 1 saturated heterocycles. The molecule has 13 heteroatoms. The van der Waals surface area contributed by atoms with Gasteiger partial charge in [-0.1, -0.05) is 30.3 Å². The van der Waals surface area contributed by atoms with Crippen LogP contribution in [-0.2, 0) is 26.8 Å². The van der Waals surface area contributed by atoms with Crippen LogP contribution in [0.4, 0.5) is 18.0 Å². The lowest BCUT2D eigenvalue weighted by Crippen LogP contribution is -2.32. The summed E-state index contributed by atoms with van der Waals surface area (Å²) in [6.07, 6.45) is -1.81. The third-order valence-electron chi connectivity index (χ3n) is 6.79. The zero-order chi connectivity index (χ0) is 31.4. The molecule has 2 heterocycles. The summed E-state index contributed by atoms with van der Waals surface area (Å²) in [6, 6.07) is 9.57. The van der Waals surface area contributed by atoms with E-state index in [9.17, 15) is 27.3 Å². The standard InChI is InChI=1S/C30H34F3N4O5P/c1-19(36-27(38)25-17-34-18-26(37-25)43(40)13-11-41-12-14-43)20-5-7-21(8-6-20)24-15-23(30(31,32)33)10-9-22(24)16-35-28(39)42-29(2,3)4/h5-10,15,17-19H,11-14,16H2,1-4H3,(H,35,39)(H,36,38)/t19-/m1/s1. The Balaban J connectivity index is 1.51. The van der Waals surface area contributed by atoms with Crippen molar-refractivity contribution in [2.75, 3.05) is 25.5 Å². The van der Waals surface area contributed by atoms with Gasteiger partial charge in [-0.2, -0.15) is 13.2 Å². The summed E-state index contributed by atoms with van der Waals surface area (Å²) in [5.41, 5.74) is 0.744.